The summed E-state index contributed by atoms with van der Waals surface area (Å²) >= 11 is 0. The normalized spacial score (nSPS) is 28.2. The molecule has 0 aromatic carbocycles. The number of rotatable bonds is 6. The van der Waals surface area contributed by atoms with Gasteiger partial charge in [-0.1, -0.05) is 6.42 Å². The molecule has 0 aromatic rings. The maximum Gasteiger partial charge on any atom is 0.0431 e. The molecule has 1 saturated heterocycles. The van der Waals surface area contributed by atoms with E-state index in [1.165, 1.54) is 25.7 Å². The molecule has 1 rings (SSSR count). The van der Waals surface area contributed by atoms with Crippen LogP contribution in [0.25, 0.3) is 0 Å². The minimum absolute atomic E-state index is 0.329. The fourth-order valence-electron chi connectivity index (χ4n) is 2.58. The number of nitrogens with zero attached hydrogens (tertiary/aromatic N) is 1. The Balaban J connectivity index is 2.27. The minimum atomic E-state index is 0.329. The van der Waals surface area contributed by atoms with Crippen LogP contribution in [0.15, 0.2) is 0 Å². The van der Waals surface area contributed by atoms with Crippen LogP contribution in [0.2, 0.25) is 0 Å². The molecule has 0 radical (unpaired) electrons. The Morgan fingerprint density at radius 1 is 1.27 bits per heavy atom. The summed E-state index contributed by atoms with van der Waals surface area (Å²) in [4.78, 5) is 2.57. The van der Waals surface area contributed by atoms with Crippen LogP contribution in [0.3, 0.4) is 0 Å². The van der Waals surface area contributed by atoms with Crippen molar-refractivity contribution in [1.29, 1.82) is 0 Å². The van der Waals surface area contributed by atoms with Gasteiger partial charge in [-0.3, -0.25) is 4.90 Å². The third-order valence-electron chi connectivity index (χ3n) is 3.54. The van der Waals surface area contributed by atoms with Gasteiger partial charge in [0.1, 0.15) is 0 Å². The molecule has 0 saturated carbocycles. The third kappa shape index (κ3) is 4.09. The van der Waals surface area contributed by atoms with Crippen molar-refractivity contribution in [3.05, 3.63) is 0 Å². The summed E-state index contributed by atoms with van der Waals surface area (Å²) in [6.45, 7) is 4.59. The largest absolute Gasteiger partial charge is 0.396 e. The van der Waals surface area contributed by atoms with Gasteiger partial charge in [-0.2, -0.15) is 0 Å². The first kappa shape index (κ1) is 12.9. The fraction of sp³-hybridized carbons (Fsp3) is 1.00. The van der Waals surface area contributed by atoms with Gasteiger partial charge in [-0.15, -0.1) is 0 Å². The fourth-order valence-corrected chi connectivity index (χ4v) is 2.58. The molecule has 15 heavy (non-hydrogen) atoms. The number of aliphatic hydroxyl groups is 1. The summed E-state index contributed by atoms with van der Waals surface area (Å²) in [7, 11) is 0. The van der Waals surface area contributed by atoms with Gasteiger partial charge >= 0.3 is 0 Å². The van der Waals surface area contributed by atoms with E-state index in [9.17, 15) is 0 Å². The summed E-state index contributed by atoms with van der Waals surface area (Å²) in [5.74, 6) is 0. The van der Waals surface area contributed by atoms with E-state index >= 15 is 0 Å². The zero-order valence-electron chi connectivity index (χ0n) is 9.99. The van der Waals surface area contributed by atoms with E-state index in [2.05, 4.69) is 11.8 Å². The van der Waals surface area contributed by atoms with Crippen LogP contribution in [0.4, 0.5) is 0 Å². The Morgan fingerprint density at radius 3 is 2.73 bits per heavy atom. The molecule has 2 atom stereocenters. The predicted octanol–water partition coefficient (Wildman–Crippen LogP) is 1.35. The molecular formula is C12H26N2O. The standard InChI is InChI=1S/C12H26N2O/c1-11-6-5-7-12(10-13)14(11)8-3-2-4-9-15/h11-12,15H,2-10,13H2,1H3. The first-order valence-electron chi connectivity index (χ1n) is 6.36. The van der Waals surface area contributed by atoms with E-state index in [1.54, 1.807) is 0 Å². The van der Waals surface area contributed by atoms with Crippen molar-refractivity contribution in [1.82, 2.24) is 4.90 Å². The average Bonchev–Trinajstić information content (AvgIpc) is 2.26. The molecule has 1 aliphatic rings. The second-order valence-corrected chi connectivity index (χ2v) is 4.69. The lowest BCUT2D eigenvalue weighted by Crippen LogP contribution is -2.49. The number of hydrogen-bond donors (Lipinski definition) is 2. The molecule has 3 heteroatoms. The lowest BCUT2D eigenvalue weighted by Gasteiger charge is -2.40. The van der Waals surface area contributed by atoms with Crippen LogP contribution >= 0.6 is 0 Å². The Bertz CT molecular complexity index is 164. The van der Waals surface area contributed by atoms with Crippen LogP contribution in [0, 0.1) is 0 Å². The van der Waals surface area contributed by atoms with Gasteiger partial charge in [0.2, 0.25) is 0 Å². The molecule has 0 aliphatic carbocycles. The van der Waals surface area contributed by atoms with Gasteiger partial charge in [-0.25, -0.2) is 0 Å². The molecule has 90 valence electrons. The maximum atomic E-state index is 8.72. The highest BCUT2D eigenvalue weighted by Gasteiger charge is 2.25. The lowest BCUT2D eigenvalue weighted by molar-refractivity contribution is 0.0945. The van der Waals surface area contributed by atoms with Gasteiger partial charge in [0.05, 0.1) is 0 Å². The van der Waals surface area contributed by atoms with Crippen LogP contribution in [-0.2, 0) is 0 Å². The summed E-state index contributed by atoms with van der Waals surface area (Å²) in [6.07, 6.45) is 7.18. The summed E-state index contributed by atoms with van der Waals surface area (Å²) < 4.78 is 0. The van der Waals surface area contributed by atoms with Crippen LogP contribution < -0.4 is 5.73 Å². The number of unbranched alkanes of at least 4 members (excludes halogenated alkanes) is 2. The molecule has 2 unspecified atom stereocenters. The third-order valence-corrected chi connectivity index (χ3v) is 3.54. The topological polar surface area (TPSA) is 49.5 Å². The van der Waals surface area contributed by atoms with E-state index < -0.39 is 0 Å². The molecule has 1 aliphatic heterocycles. The number of likely N-dealkylation sites (tertiary alicyclic amines) is 1. The van der Waals surface area contributed by atoms with Crippen molar-refractivity contribution >= 4 is 0 Å². The van der Waals surface area contributed by atoms with Gasteiger partial charge < -0.3 is 10.8 Å². The summed E-state index contributed by atoms with van der Waals surface area (Å²) in [5, 5.41) is 8.72. The second-order valence-electron chi connectivity index (χ2n) is 4.69. The van der Waals surface area contributed by atoms with Gasteiger partial charge in [0.25, 0.3) is 0 Å². The first-order chi connectivity index (χ1) is 7.29. The van der Waals surface area contributed by atoms with Gasteiger partial charge in [0.15, 0.2) is 0 Å². The first-order valence-corrected chi connectivity index (χ1v) is 6.36. The average molecular weight is 214 g/mol. The van der Waals surface area contributed by atoms with Crippen molar-refractivity contribution < 1.29 is 5.11 Å². The Morgan fingerprint density at radius 2 is 2.07 bits per heavy atom. The SMILES string of the molecule is CC1CCCC(CN)N1CCCCCO. The van der Waals surface area contributed by atoms with Crippen LogP contribution in [0.1, 0.15) is 45.4 Å². The molecule has 0 bridgehead atoms. The van der Waals surface area contributed by atoms with E-state index in [4.69, 9.17) is 10.8 Å². The Kier molecular flexibility index (Phi) is 6.22. The highest BCUT2D eigenvalue weighted by Crippen LogP contribution is 2.22. The van der Waals surface area contributed by atoms with Crippen molar-refractivity contribution in [3.8, 4) is 0 Å². The molecule has 1 heterocycles. The van der Waals surface area contributed by atoms with Crippen molar-refractivity contribution in [2.24, 2.45) is 5.73 Å². The summed E-state index contributed by atoms with van der Waals surface area (Å²) in [5.41, 5.74) is 5.80. The monoisotopic (exact) mass is 214 g/mol. The van der Waals surface area contributed by atoms with E-state index in [-0.39, 0.29) is 0 Å². The predicted molar refractivity (Wildman–Crippen MR) is 63.8 cm³/mol. The molecule has 3 nitrogen and oxygen atoms in total. The number of piperidine rings is 1. The second kappa shape index (κ2) is 7.20. The molecule has 1 fully saturated rings. The molecule has 0 amide bonds. The Hall–Kier alpha value is -0.120. The van der Waals surface area contributed by atoms with Crippen LogP contribution in [0.5, 0.6) is 0 Å². The van der Waals surface area contributed by atoms with Crippen molar-refractivity contribution in [3.63, 3.8) is 0 Å². The quantitative estimate of drug-likeness (QED) is 0.656. The van der Waals surface area contributed by atoms with Gasteiger partial charge in [0, 0.05) is 25.2 Å². The van der Waals surface area contributed by atoms with E-state index in [0.29, 0.717) is 18.7 Å². The van der Waals surface area contributed by atoms with Gasteiger partial charge in [-0.05, 0) is 45.6 Å². The van der Waals surface area contributed by atoms with E-state index in [1.807, 2.05) is 0 Å². The minimum Gasteiger partial charge on any atom is -0.396 e. The zero-order valence-corrected chi connectivity index (χ0v) is 9.99. The maximum absolute atomic E-state index is 8.72. The number of nitrogens with two attached hydrogens (primary N) is 1. The zero-order chi connectivity index (χ0) is 11.1. The number of aliphatic hydroxyl groups excluding tert-OH is 1. The molecule has 0 spiro atoms. The summed E-state index contributed by atoms with van der Waals surface area (Å²) in [6, 6.07) is 1.30. The van der Waals surface area contributed by atoms with Crippen molar-refractivity contribution in [2.75, 3.05) is 19.7 Å². The number of hydrogen-bond acceptors (Lipinski definition) is 3. The highest BCUT2D eigenvalue weighted by molar-refractivity contribution is 4.82. The highest BCUT2D eigenvalue weighted by atomic mass is 16.2. The van der Waals surface area contributed by atoms with E-state index in [0.717, 1.165) is 25.9 Å². The van der Waals surface area contributed by atoms with Crippen molar-refractivity contribution in [2.45, 2.75) is 57.5 Å². The smallest absolute Gasteiger partial charge is 0.0431 e. The lowest BCUT2D eigenvalue weighted by atomic mass is 9.96. The molecule has 3 N–H and O–H groups in total. The molecule has 0 aromatic heterocycles. The Labute approximate surface area is 93.6 Å². The van der Waals surface area contributed by atoms with Crippen LogP contribution in [-0.4, -0.2) is 41.8 Å². The molecular weight excluding hydrogens is 188 g/mol.